The SMILES string of the molecule is O=C(c1ccc(Cl)s1)N1CCN(c2cc3c(nn2)CCC3)CC1. The van der Waals surface area contributed by atoms with Crippen LogP contribution in [0, 0.1) is 0 Å². The lowest BCUT2D eigenvalue weighted by molar-refractivity contribution is 0.0751. The molecular weight excluding hydrogens is 332 g/mol. The molecule has 7 heteroatoms. The molecule has 1 amide bonds. The van der Waals surface area contributed by atoms with Crippen LogP contribution in [0.4, 0.5) is 5.82 Å². The van der Waals surface area contributed by atoms with E-state index in [4.69, 9.17) is 11.6 Å². The summed E-state index contributed by atoms with van der Waals surface area (Å²) < 4.78 is 0.653. The molecule has 5 nitrogen and oxygen atoms in total. The molecule has 2 aromatic rings. The molecule has 1 saturated heterocycles. The molecule has 0 saturated carbocycles. The maximum Gasteiger partial charge on any atom is 0.264 e. The van der Waals surface area contributed by atoms with Crippen LogP contribution in [0.1, 0.15) is 27.3 Å². The van der Waals surface area contributed by atoms with Crippen molar-refractivity contribution in [2.75, 3.05) is 31.1 Å². The Morgan fingerprint density at radius 3 is 2.70 bits per heavy atom. The third-order valence-electron chi connectivity index (χ3n) is 4.48. The van der Waals surface area contributed by atoms with Crippen LogP contribution in [0.2, 0.25) is 4.34 Å². The van der Waals surface area contributed by atoms with Gasteiger partial charge in [-0.15, -0.1) is 16.4 Å². The summed E-state index contributed by atoms with van der Waals surface area (Å²) in [6, 6.07) is 5.75. The smallest absolute Gasteiger partial charge is 0.264 e. The fraction of sp³-hybridized carbons (Fsp3) is 0.438. The molecule has 0 aromatic carbocycles. The zero-order chi connectivity index (χ0) is 15.8. The fourth-order valence-electron chi connectivity index (χ4n) is 3.20. The second-order valence-corrected chi connectivity index (χ2v) is 7.63. The molecule has 4 rings (SSSR count). The molecule has 0 spiro atoms. The number of aryl methyl sites for hydroxylation is 2. The normalized spacial score (nSPS) is 17.4. The summed E-state index contributed by atoms with van der Waals surface area (Å²) in [7, 11) is 0. The van der Waals surface area contributed by atoms with Crippen molar-refractivity contribution in [1.82, 2.24) is 15.1 Å². The monoisotopic (exact) mass is 348 g/mol. The van der Waals surface area contributed by atoms with Crippen molar-refractivity contribution in [3.63, 3.8) is 0 Å². The van der Waals surface area contributed by atoms with E-state index >= 15 is 0 Å². The van der Waals surface area contributed by atoms with Crippen molar-refractivity contribution >= 4 is 34.7 Å². The van der Waals surface area contributed by atoms with Crippen LogP contribution in [-0.4, -0.2) is 47.2 Å². The number of thiophene rings is 1. The van der Waals surface area contributed by atoms with Gasteiger partial charge in [0.1, 0.15) is 0 Å². The van der Waals surface area contributed by atoms with Gasteiger partial charge in [-0.05, 0) is 43.0 Å². The van der Waals surface area contributed by atoms with Crippen LogP contribution in [0.5, 0.6) is 0 Å². The van der Waals surface area contributed by atoms with Gasteiger partial charge in [0.05, 0.1) is 14.9 Å². The molecular formula is C16H17ClN4OS. The molecule has 2 aromatic heterocycles. The summed E-state index contributed by atoms with van der Waals surface area (Å²) >= 11 is 7.26. The lowest BCUT2D eigenvalue weighted by atomic mass is 10.2. The lowest BCUT2D eigenvalue weighted by Gasteiger charge is -2.35. The van der Waals surface area contributed by atoms with Crippen LogP contribution < -0.4 is 4.90 Å². The van der Waals surface area contributed by atoms with Gasteiger partial charge in [0, 0.05) is 26.2 Å². The molecule has 0 N–H and O–H groups in total. The number of carbonyl (C=O) groups is 1. The number of hydrogen-bond acceptors (Lipinski definition) is 5. The minimum absolute atomic E-state index is 0.0709. The summed E-state index contributed by atoms with van der Waals surface area (Å²) in [5.41, 5.74) is 2.49. The van der Waals surface area contributed by atoms with E-state index in [0.29, 0.717) is 22.3 Å². The van der Waals surface area contributed by atoms with Gasteiger partial charge in [0.2, 0.25) is 0 Å². The van der Waals surface area contributed by atoms with Crippen LogP contribution in [0.3, 0.4) is 0 Å². The topological polar surface area (TPSA) is 49.3 Å². The first-order chi connectivity index (χ1) is 11.2. The average Bonchev–Trinajstić information content (AvgIpc) is 3.22. The largest absolute Gasteiger partial charge is 0.352 e. The van der Waals surface area contributed by atoms with Gasteiger partial charge in [0.25, 0.3) is 5.91 Å². The zero-order valence-corrected chi connectivity index (χ0v) is 14.2. The summed E-state index contributed by atoms with van der Waals surface area (Å²) in [6.45, 7) is 2.98. The van der Waals surface area contributed by atoms with Gasteiger partial charge in [-0.1, -0.05) is 11.6 Å². The van der Waals surface area contributed by atoms with Crippen molar-refractivity contribution in [3.05, 3.63) is 38.7 Å². The van der Waals surface area contributed by atoms with E-state index in [-0.39, 0.29) is 5.91 Å². The molecule has 0 atom stereocenters. The van der Waals surface area contributed by atoms with Crippen LogP contribution in [-0.2, 0) is 12.8 Å². The van der Waals surface area contributed by atoms with E-state index in [1.165, 1.54) is 23.3 Å². The van der Waals surface area contributed by atoms with E-state index in [1.807, 2.05) is 4.90 Å². The number of carbonyl (C=O) groups excluding carboxylic acids is 1. The predicted molar refractivity (Wildman–Crippen MR) is 91.5 cm³/mol. The fourth-order valence-corrected chi connectivity index (χ4v) is 4.21. The second kappa shape index (κ2) is 6.09. The average molecular weight is 349 g/mol. The molecule has 1 aliphatic carbocycles. The number of amides is 1. The van der Waals surface area contributed by atoms with Gasteiger partial charge in [-0.25, -0.2) is 0 Å². The quantitative estimate of drug-likeness (QED) is 0.837. The Morgan fingerprint density at radius 1 is 1.13 bits per heavy atom. The molecule has 120 valence electrons. The molecule has 0 unspecified atom stereocenters. The Kier molecular flexibility index (Phi) is 3.95. The first-order valence-corrected chi connectivity index (χ1v) is 9.05. The minimum Gasteiger partial charge on any atom is -0.352 e. The highest BCUT2D eigenvalue weighted by atomic mass is 35.5. The van der Waals surface area contributed by atoms with Gasteiger partial charge in [-0.3, -0.25) is 4.79 Å². The Morgan fingerprint density at radius 2 is 1.96 bits per heavy atom. The number of rotatable bonds is 2. The van der Waals surface area contributed by atoms with E-state index in [9.17, 15) is 4.79 Å². The van der Waals surface area contributed by atoms with E-state index in [2.05, 4.69) is 21.2 Å². The lowest BCUT2D eigenvalue weighted by Crippen LogP contribution is -2.49. The zero-order valence-electron chi connectivity index (χ0n) is 12.7. The van der Waals surface area contributed by atoms with Gasteiger partial charge in [-0.2, -0.15) is 5.10 Å². The van der Waals surface area contributed by atoms with Crippen molar-refractivity contribution < 1.29 is 4.79 Å². The Hall–Kier alpha value is -1.66. The number of aromatic nitrogens is 2. The second-order valence-electron chi connectivity index (χ2n) is 5.91. The maximum atomic E-state index is 12.4. The maximum absolute atomic E-state index is 12.4. The first-order valence-electron chi connectivity index (χ1n) is 7.86. The van der Waals surface area contributed by atoms with E-state index < -0.39 is 0 Å². The molecule has 0 bridgehead atoms. The van der Waals surface area contributed by atoms with Crippen LogP contribution >= 0.6 is 22.9 Å². The van der Waals surface area contributed by atoms with Crippen molar-refractivity contribution in [3.8, 4) is 0 Å². The number of halogens is 1. The highest BCUT2D eigenvalue weighted by Gasteiger charge is 2.25. The summed E-state index contributed by atoms with van der Waals surface area (Å²) in [5, 5.41) is 8.72. The summed E-state index contributed by atoms with van der Waals surface area (Å²) in [6.07, 6.45) is 3.34. The van der Waals surface area contributed by atoms with Crippen LogP contribution in [0.25, 0.3) is 0 Å². The highest BCUT2D eigenvalue weighted by molar-refractivity contribution is 7.17. The van der Waals surface area contributed by atoms with Crippen LogP contribution in [0.15, 0.2) is 18.2 Å². The van der Waals surface area contributed by atoms with Gasteiger partial charge < -0.3 is 9.80 Å². The first kappa shape index (κ1) is 14.9. The van der Waals surface area contributed by atoms with E-state index in [0.717, 1.165) is 37.4 Å². The Labute approximate surface area is 143 Å². The molecule has 3 heterocycles. The van der Waals surface area contributed by atoms with Gasteiger partial charge in [0.15, 0.2) is 5.82 Å². The van der Waals surface area contributed by atoms with Gasteiger partial charge >= 0.3 is 0 Å². The third-order valence-corrected chi connectivity index (χ3v) is 5.70. The number of piperazine rings is 1. The highest BCUT2D eigenvalue weighted by Crippen LogP contribution is 2.25. The third kappa shape index (κ3) is 2.93. The molecule has 1 fully saturated rings. The predicted octanol–water partition coefficient (Wildman–Crippen LogP) is 2.64. The minimum atomic E-state index is 0.0709. The number of hydrogen-bond donors (Lipinski definition) is 0. The number of anilines is 1. The standard InChI is InChI=1S/C16H17ClN4OS/c17-14-5-4-13(23-14)16(22)21-8-6-20(7-9-21)15-10-11-2-1-3-12(11)18-19-15/h4-5,10H,1-3,6-9H2. The molecule has 1 aliphatic heterocycles. The number of fused-ring (bicyclic) bond motifs is 1. The number of nitrogens with zero attached hydrogens (tertiary/aromatic N) is 4. The summed E-state index contributed by atoms with van der Waals surface area (Å²) in [4.78, 5) is 17.3. The van der Waals surface area contributed by atoms with Crippen molar-refractivity contribution in [2.45, 2.75) is 19.3 Å². The summed E-state index contributed by atoms with van der Waals surface area (Å²) in [5.74, 6) is 1.01. The Balaban J connectivity index is 1.42. The molecule has 0 radical (unpaired) electrons. The van der Waals surface area contributed by atoms with E-state index in [1.54, 1.807) is 12.1 Å². The van der Waals surface area contributed by atoms with Crippen molar-refractivity contribution in [1.29, 1.82) is 0 Å². The van der Waals surface area contributed by atoms with Crippen molar-refractivity contribution in [2.24, 2.45) is 0 Å². The molecule has 2 aliphatic rings. The Bertz CT molecular complexity index is 739. The molecule has 23 heavy (non-hydrogen) atoms.